The molecule has 18 heavy (non-hydrogen) atoms. The van der Waals surface area contributed by atoms with Crippen LogP contribution in [0.5, 0.6) is 5.75 Å². The van der Waals surface area contributed by atoms with Crippen molar-refractivity contribution in [2.75, 3.05) is 26.7 Å². The predicted octanol–water partition coefficient (Wildman–Crippen LogP) is 2.05. The number of nitrogens with one attached hydrogen (secondary N) is 1. The molecular formula is C15H24N2O. The molecule has 1 N–H and O–H groups in total. The Balaban J connectivity index is 1.88. The van der Waals surface area contributed by atoms with Gasteiger partial charge in [0.05, 0.1) is 0 Å². The summed E-state index contributed by atoms with van der Waals surface area (Å²) < 4.78 is 5.72. The Bertz CT molecular complexity index is 392. The van der Waals surface area contributed by atoms with Crippen LogP contribution in [0.15, 0.2) is 18.2 Å². The summed E-state index contributed by atoms with van der Waals surface area (Å²) in [5.74, 6) is 1.07. The van der Waals surface area contributed by atoms with Crippen LogP contribution < -0.4 is 10.1 Å². The molecule has 3 heteroatoms. The van der Waals surface area contributed by atoms with Crippen molar-refractivity contribution in [3.8, 4) is 5.75 Å². The molecular weight excluding hydrogens is 224 g/mol. The van der Waals surface area contributed by atoms with Gasteiger partial charge in [-0.15, -0.1) is 0 Å². The molecule has 100 valence electrons. The van der Waals surface area contributed by atoms with Crippen molar-refractivity contribution in [3.05, 3.63) is 29.3 Å². The summed E-state index contributed by atoms with van der Waals surface area (Å²) in [6.07, 6.45) is 1.38. The second kappa shape index (κ2) is 6.21. The molecule has 0 aromatic heterocycles. The second-order valence-corrected chi connectivity index (χ2v) is 5.17. The largest absolute Gasteiger partial charge is 0.490 e. The lowest BCUT2D eigenvalue weighted by molar-refractivity contribution is 0.254. The van der Waals surface area contributed by atoms with Gasteiger partial charge in [0.1, 0.15) is 11.9 Å². The summed E-state index contributed by atoms with van der Waals surface area (Å²) in [5.41, 5.74) is 2.74. The van der Waals surface area contributed by atoms with Crippen molar-refractivity contribution < 1.29 is 4.74 Å². The summed E-state index contributed by atoms with van der Waals surface area (Å²) in [5, 5.41) is 3.35. The van der Waals surface area contributed by atoms with E-state index in [2.05, 4.69) is 49.3 Å². The first-order valence-corrected chi connectivity index (χ1v) is 6.86. The lowest BCUT2D eigenvalue weighted by Gasteiger charge is -2.17. The minimum absolute atomic E-state index is 0.335. The predicted molar refractivity (Wildman–Crippen MR) is 75.1 cm³/mol. The van der Waals surface area contributed by atoms with Crippen LogP contribution in [0.1, 0.15) is 25.0 Å². The van der Waals surface area contributed by atoms with E-state index in [1.807, 2.05) is 0 Å². The van der Waals surface area contributed by atoms with E-state index in [1.165, 1.54) is 11.1 Å². The molecule has 0 amide bonds. The monoisotopic (exact) mass is 248 g/mol. The number of rotatable bonds is 6. The first-order valence-electron chi connectivity index (χ1n) is 6.86. The Morgan fingerprint density at radius 3 is 3.06 bits per heavy atom. The summed E-state index contributed by atoms with van der Waals surface area (Å²) in [4.78, 5) is 2.35. The number of nitrogens with zero attached hydrogens (tertiary/aromatic N) is 1. The van der Waals surface area contributed by atoms with Crippen LogP contribution >= 0.6 is 0 Å². The maximum Gasteiger partial charge on any atom is 0.123 e. The van der Waals surface area contributed by atoms with E-state index in [4.69, 9.17) is 4.74 Å². The molecule has 1 atom stereocenters. The average Bonchev–Trinajstić information content (AvgIpc) is 2.69. The van der Waals surface area contributed by atoms with Gasteiger partial charge in [-0.25, -0.2) is 0 Å². The van der Waals surface area contributed by atoms with Crippen molar-refractivity contribution in [1.82, 2.24) is 10.2 Å². The summed E-state index contributed by atoms with van der Waals surface area (Å²) >= 11 is 0. The Kier molecular flexibility index (Phi) is 4.61. The van der Waals surface area contributed by atoms with Crippen LogP contribution in [-0.4, -0.2) is 37.7 Å². The average molecular weight is 248 g/mol. The molecule has 0 saturated heterocycles. The minimum atomic E-state index is 0.335. The highest BCUT2D eigenvalue weighted by molar-refractivity contribution is 5.40. The lowest BCUT2D eigenvalue weighted by atomic mass is 10.1. The van der Waals surface area contributed by atoms with Crippen LogP contribution in [0.3, 0.4) is 0 Å². The zero-order valence-corrected chi connectivity index (χ0v) is 11.7. The van der Waals surface area contributed by atoms with Crippen molar-refractivity contribution >= 4 is 0 Å². The van der Waals surface area contributed by atoms with E-state index < -0.39 is 0 Å². The van der Waals surface area contributed by atoms with Gasteiger partial charge in [0.25, 0.3) is 0 Å². The zero-order chi connectivity index (χ0) is 13.0. The Morgan fingerprint density at radius 1 is 1.44 bits per heavy atom. The van der Waals surface area contributed by atoms with Crippen LogP contribution in [0, 0.1) is 0 Å². The van der Waals surface area contributed by atoms with Gasteiger partial charge >= 0.3 is 0 Å². The van der Waals surface area contributed by atoms with E-state index in [0.717, 1.165) is 38.3 Å². The van der Waals surface area contributed by atoms with Crippen molar-refractivity contribution in [3.63, 3.8) is 0 Å². The van der Waals surface area contributed by atoms with Gasteiger partial charge in [-0.1, -0.05) is 19.1 Å². The van der Waals surface area contributed by atoms with E-state index in [1.54, 1.807) is 0 Å². The fourth-order valence-electron chi connectivity index (χ4n) is 2.41. The number of likely N-dealkylation sites (N-methyl/N-ethyl adjacent to an activating group) is 2. The van der Waals surface area contributed by atoms with E-state index >= 15 is 0 Å². The Hall–Kier alpha value is -1.06. The molecule has 0 saturated carbocycles. The number of fused-ring (bicyclic) bond motifs is 1. The maximum atomic E-state index is 5.72. The van der Waals surface area contributed by atoms with Gasteiger partial charge in [-0.2, -0.15) is 0 Å². The molecule has 0 radical (unpaired) electrons. The fourth-order valence-corrected chi connectivity index (χ4v) is 2.41. The number of hydrogen-bond donors (Lipinski definition) is 1. The standard InChI is InChI=1S/C15H24N2O/c1-4-16-7-8-17(3)11-13-5-6-15-14(10-13)9-12(2)18-15/h5-6,10,12,16H,4,7-9,11H2,1-3H3. The third-order valence-corrected chi connectivity index (χ3v) is 3.33. The quantitative estimate of drug-likeness (QED) is 0.780. The summed E-state index contributed by atoms with van der Waals surface area (Å²) in [7, 11) is 2.17. The van der Waals surface area contributed by atoms with E-state index in [0.29, 0.717) is 6.10 Å². The topological polar surface area (TPSA) is 24.5 Å². The second-order valence-electron chi connectivity index (χ2n) is 5.17. The Labute approximate surface area is 110 Å². The SMILES string of the molecule is CCNCCN(C)Cc1ccc2c(c1)CC(C)O2. The third-order valence-electron chi connectivity index (χ3n) is 3.33. The van der Waals surface area contributed by atoms with Gasteiger partial charge in [0.15, 0.2) is 0 Å². The van der Waals surface area contributed by atoms with E-state index in [-0.39, 0.29) is 0 Å². The smallest absolute Gasteiger partial charge is 0.123 e. The van der Waals surface area contributed by atoms with Gasteiger partial charge in [-0.3, -0.25) is 0 Å². The van der Waals surface area contributed by atoms with Crippen molar-refractivity contribution in [2.24, 2.45) is 0 Å². The molecule has 0 spiro atoms. The highest BCUT2D eigenvalue weighted by Crippen LogP contribution is 2.29. The number of benzene rings is 1. The Morgan fingerprint density at radius 2 is 2.28 bits per heavy atom. The molecule has 3 nitrogen and oxygen atoms in total. The molecule has 1 aromatic carbocycles. The molecule has 2 rings (SSSR count). The van der Waals surface area contributed by atoms with Crippen molar-refractivity contribution in [1.29, 1.82) is 0 Å². The molecule has 1 aliphatic heterocycles. The van der Waals surface area contributed by atoms with Crippen LogP contribution in [0.2, 0.25) is 0 Å². The van der Waals surface area contributed by atoms with Gasteiger partial charge in [-0.05, 0) is 37.7 Å². The van der Waals surface area contributed by atoms with Gasteiger partial charge < -0.3 is 15.0 Å². The number of ether oxygens (including phenoxy) is 1. The normalized spacial score (nSPS) is 17.9. The molecule has 1 unspecified atom stereocenters. The molecule has 1 heterocycles. The zero-order valence-electron chi connectivity index (χ0n) is 11.7. The van der Waals surface area contributed by atoms with E-state index in [9.17, 15) is 0 Å². The molecule has 0 aliphatic carbocycles. The van der Waals surface area contributed by atoms with Crippen LogP contribution in [-0.2, 0) is 13.0 Å². The van der Waals surface area contributed by atoms with Crippen LogP contribution in [0.25, 0.3) is 0 Å². The van der Waals surface area contributed by atoms with Gasteiger partial charge in [0, 0.05) is 26.1 Å². The van der Waals surface area contributed by atoms with Gasteiger partial charge in [0.2, 0.25) is 0 Å². The minimum Gasteiger partial charge on any atom is -0.490 e. The first-order chi connectivity index (χ1) is 8.69. The first kappa shape index (κ1) is 13.4. The molecule has 0 fully saturated rings. The highest BCUT2D eigenvalue weighted by atomic mass is 16.5. The maximum absolute atomic E-state index is 5.72. The molecule has 1 aromatic rings. The number of hydrogen-bond acceptors (Lipinski definition) is 3. The summed E-state index contributed by atoms with van der Waals surface area (Å²) in [6, 6.07) is 6.59. The third kappa shape index (κ3) is 3.47. The van der Waals surface area contributed by atoms with Crippen LogP contribution in [0.4, 0.5) is 0 Å². The fraction of sp³-hybridized carbons (Fsp3) is 0.600. The molecule has 0 bridgehead atoms. The summed E-state index contributed by atoms with van der Waals surface area (Å²) in [6.45, 7) is 8.45. The highest BCUT2D eigenvalue weighted by Gasteiger charge is 2.18. The lowest BCUT2D eigenvalue weighted by Crippen LogP contribution is -2.28. The molecule has 1 aliphatic rings. The van der Waals surface area contributed by atoms with Crippen molar-refractivity contribution in [2.45, 2.75) is 32.9 Å².